The topological polar surface area (TPSA) is 109 Å². The van der Waals surface area contributed by atoms with Gasteiger partial charge in [0.25, 0.3) is 0 Å². The van der Waals surface area contributed by atoms with Gasteiger partial charge < -0.3 is 20.4 Å². The molecule has 3 heterocycles. The smallest absolute Gasteiger partial charge is 0.407 e. The number of benzene rings is 1. The Morgan fingerprint density at radius 2 is 2.21 bits per heavy atom. The Kier molecular flexibility index (Phi) is 4.44. The molecule has 1 unspecified atom stereocenters. The van der Waals surface area contributed by atoms with Crippen LogP contribution >= 0.6 is 22.7 Å². The molecular formula is C19H17N5O3S2. The standard InChI is InChI=1S/C19H17N5O3S2/c1-20-18(25)27-10-3-4-11-13(7-10)28-17-15(11)16(21-8-22-17)23-9-2-5-12-14(6-9)29-19(26)24-12/h2,5-6,8,10H,3-4,7H2,1H3,(H,20,25)(H,24,26)(H,21,22,23). The van der Waals surface area contributed by atoms with E-state index in [4.69, 9.17) is 4.74 Å². The Bertz CT molecular complexity index is 1290. The number of alkyl carbamates (subject to hydrolysis) is 1. The summed E-state index contributed by atoms with van der Waals surface area (Å²) in [6.07, 6.45) is 3.29. The minimum Gasteiger partial charge on any atom is -0.446 e. The molecule has 0 saturated heterocycles. The molecule has 0 bridgehead atoms. The fourth-order valence-corrected chi connectivity index (χ4v) is 5.67. The number of hydrogen-bond acceptors (Lipinski definition) is 8. The van der Waals surface area contributed by atoms with Gasteiger partial charge in [0, 0.05) is 24.0 Å². The molecule has 3 N–H and O–H groups in total. The number of H-pyrrole nitrogens is 1. The van der Waals surface area contributed by atoms with Crippen LogP contribution in [-0.2, 0) is 17.6 Å². The summed E-state index contributed by atoms with van der Waals surface area (Å²) in [5.74, 6) is 0.750. The summed E-state index contributed by atoms with van der Waals surface area (Å²) in [7, 11) is 1.56. The number of aromatic amines is 1. The van der Waals surface area contributed by atoms with Crippen molar-refractivity contribution < 1.29 is 9.53 Å². The van der Waals surface area contributed by atoms with Crippen LogP contribution in [0.5, 0.6) is 0 Å². The van der Waals surface area contributed by atoms with Crippen LogP contribution in [0.2, 0.25) is 0 Å². The number of fused-ring (bicyclic) bond motifs is 4. The van der Waals surface area contributed by atoms with Crippen molar-refractivity contribution in [2.45, 2.75) is 25.4 Å². The summed E-state index contributed by atoms with van der Waals surface area (Å²) < 4.78 is 6.33. The third kappa shape index (κ3) is 3.34. The lowest BCUT2D eigenvalue weighted by Gasteiger charge is -2.22. The van der Waals surface area contributed by atoms with E-state index in [2.05, 4.69) is 25.6 Å². The normalized spacial score (nSPS) is 16.0. The highest BCUT2D eigenvalue weighted by Gasteiger charge is 2.27. The SMILES string of the molecule is CNC(=O)OC1CCc2c(sc3ncnc(Nc4ccc5[nH]c(=O)sc5c4)c23)C1. The Labute approximate surface area is 173 Å². The quantitative estimate of drug-likeness (QED) is 0.461. The molecule has 3 aromatic heterocycles. The highest BCUT2D eigenvalue weighted by atomic mass is 32.1. The van der Waals surface area contributed by atoms with E-state index in [1.165, 1.54) is 21.8 Å². The lowest BCUT2D eigenvalue weighted by Crippen LogP contribution is -2.29. The lowest BCUT2D eigenvalue weighted by molar-refractivity contribution is 0.0920. The fraction of sp³-hybridized carbons (Fsp3) is 0.263. The van der Waals surface area contributed by atoms with Gasteiger partial charge in [0.2, 0.25) is 0 Å². The van der Waals surface area contributed by atoms with Crippen molar-refractivity contribution in [2.75, 3.05) is 12.4 Å². The molecule has 0 fully saturated rings. The molecule has 0 aliphatic heterocycles. The van der Waals surface area contributed by atoms with Crippen molar-refractivity contribution in [1.29, 1.82) is 0 Å². The number of anilines is 2. The van der Waals surface area contributed by atoms with Crippen LogP contribution in [-0.4, -0.2) is 34.2 Å². The van der Waals surface area contributed by atoms with E-state index in [-0.39, 0.29) is 11.0 Å². The van der Waals surface area contributed by atoms with Crippen molar-refractivity contribution in [1.82, 2.24) is 20.3 Å². The summed E-state index contributed by atoms with van der Waals surface area (Å²) in [5.41, 5.74) is 2.91. The maximum atomic E-state index is 11.6. The number of aromatic nitrogens is 3. The molecule has 1 aromatic carbocycles. The van der Waals surface area contributed by atoms with Gasteiger partial charge in [-0.2, -0.15) is 0 Å². The minimum absolute atomic E-state index is 0.0676. The summed E-state index contributed by atoms with van der Waals surface area (Å²) in [5, 5.41) is 6.91. The van der Waals surface area contributed by atoms with Gasteiger partial charge in [-0.1, -0.05) is 11.3 Å². The maximum Gasteiger partial charge on any atom is 0.407 e. The van der Waals surface area contributed by atoms with Gasteiger partial charge in [-0.05, 0) is 36.6 Å². The van der Waals surface area contributed by atoms with Crippen molar-refractivity contribution >= 4 is 60.7 Å². The van der Waals surface area contributed by atoms with Crippen LogP contribution < -0.4 is 15.5 Å². The average molecular weight is 428 g/mol. The molecule has 4 aromatic rings. The van der Waals surface area contributed by atoms with E-state index in [1.54, 1.807) is 24.7 Å². The minimum atomic E-state index is -0.399. The largest absolute Gasteiger partial charge is 0.446 e. The number of amides is 1. The second-order valence-electron chi connectivity index (χ2n) is 6.78. The number of rotatable bonds is 3. The predicted octanol–water partition coefficient (Wildman–Crippen LogP) is 3.55. The number of thiophene rings is 1. The van der Waals surface area contributed by atoms with Gasteiger partial charge in [-0.3, -0.25) is 4.79 Å². The van der Waals surface area contributed by atoms with Crippen LogP contribution in [0.25, 0.3) is 20.4 Å². The van der Waals surface area contributed by atoms with Gasteiger partial charge in [-0.15, -0.1) is 11.3 Å². The van der Waals surface area contributed by atoms with Crippen LogP contribution in [0.3, 0.4) is 0 Å². The van der Waals surface area contributed by atoms with E-state index in [0.29, 0.717) is 6.42 Å². The van der Waals surface area contributed by atoms with Crippen LogP contribution in [0, 0.1) is 0 Å². The maximum absolute atomic E-state index is 11.6. The number of nitrogens with one attached hydrogen (secondary N) is 3. The summed E-state index contributed by atoms with van der Waals surface area (Å²) in [6.45, 7) is 0. The summed E-state index contributed by atoms with van der Waals surface area (Å²) in [6, 6.07) is 5.75. The lowest BCUT2D eigenvalue weighted by atomic mass is 9.94. The molecule has 1 atom stereocenters. The molecule has 10 heteroatoms. The highest BCUT2D eigenvalue weighted by Crippen LogP contribution is 2.39. The second-order valence-corrected chi connectivity index (χ2v) is 8.88. The first-order chi connectivity index (χ1) is 14.1. The predicted molar refractivity (Wildman–Crippen MR) is 114 cm³/mol. The first-order valence-electron chi connectivity index (χ1n) is 9.14. The van der Waals surface area contributed by atoms with Crippen molar-refractivity contribution in [3.8, 4) is 0 Å². The van der Waals surface area contributed by atoms with Crippen LogP contribution in [0.4, 0.5) is 16.3 Å². The number of aryl methyl sites for hydroxylation is 1. The van der Waals surface area contributed by atoms with Gasteiger partial charge in [0.1, 0.15) is 23.1 Å². The van der Waals surface area contributed by atoms with E-state index in [1.807, 2.05) is 18.2 Å². The first kappa shape index (κ1) is 18.1. The van der Waals surface area contributed by atoms with Gasteiger partial charge >= 0.3 is 11.0 Å². The molecular weight excluding hydrogens is 410 g/mol. The van der Waals surface area contributed by atoms with Gasteiger partial charge in [0.15, 0.2) is 0 Å². The average Bonchev–Trinajstić information content (AvgIpc) is 3.26. The van der Waals surface area contributed by atoms with Crippen LogP contribution in [0.15, 0.2) is 29.3 Å². The van der Waals surface area contributed by atoms with Gasteiger partial charge in [0.05, 0.1) is 15.6 Å². The number of carbonyl (C=O) groups excluding carboxylic acids is 1. The second kappa shape index (κ2) is 7.12. The zero-order valence-electron chi connectivity index (χ0n) is 15.4. The third-order valence-electron chi connectivity index (χ3n) is 4.96. The Morgan fingerprint density at radius 3 is 3.07 bits per heavy atom. The molecule has 5 rings (SSSR count). The van der Waals surface area contributed by atoms with Crippen molar-refractivity contribution in [3.63, 3.8) is 0 Å². The first-order valence-corrected chi connectivity index (χ1v) is 10.8. The molecule has 1 aliphatic carbocycles. The molecule has 29 heavy (non-hydrogen) atoms. The number of thiazole rings is 1. The molecule has 0 spiro atoms. The van der Waals surface area contributed by atoms with Gasteiger partial charge in [-0.25, -0.2) is 14.8 Å². The fourth-order valence-electron chi connectivity index (χ4n) is 3.65. The summed E-state index contributed by atoms with van der Waals surface area (Å²) in [4.78, 5) is 36.9. The number of carbonyl (C=O) groups is 1. The number of nitrogens with zero attached hydrogens (tertiary/aromatic N) is 2. The molecule has 1 aliphatic rings. The molecule has 0 saturated carbocycles. The van der Waals surface area contributed by atoms with Crippen LogP contribution in [0.1, 0.15) is 16.9 Å². The zero-order valence-corrected chi connectivity index (χ0v) is 17.1. The molecule has 8 nitrogen and oxygen atoms in total. The van der Waals surface area contributed by atoms with Crippen molar-refractivity contribution in [3.05, 3.63) is 44.6 Å². The zero-order chi connectivity index (χ0) is 20.0. The molecule has 148 valence electrons. The van der Waals surface area contributed by atoms with E-state index < -0.39 is 6.09 Å². The third-order valence-corrected chi connectivity index (χ3v) is 6.97. The molecule has 0 radical (unpaired) electrons. The Balaban J connectivity index is 1.49. The molecule has 1 amide bonds. The van der Waals surface area contributed by atoms with Crippen molar-refractivity contribution in [2.24, 2.45) is 0 Å². The Morgan fingerprint density at radius 1 is 1.31 bits per heavy atom. The number of hydrogen-bond donors (Lipinski definition) is 3. The van der Waals surface area contributed by atoms with E-state index in [0.717, 1.165) is 44.8 Å². The highest BCUT2D eigenvalue weighted by molar-refractivity contribution is 7.19. The number of ether oxygens (including phenoxy) is 1. The van der Waals surface area contributed by atoms with E-state index >= 15 is 0 Å². The Hall–Kier alpha value is -2.98. The summed E-state index contributed by atoms with van der Waals surface area (Å²) >= 11 is 2.81. The van der Waals surface area contributed by atoms with E-state index in [9.17, 15) is 9.59 Å². The monoisotopic (exact) mass is 427 g/mol.